The Morgan fingerprint density at radius 1 is 0.967 bits per heavy atom. The van der Waals surface area contributed by atoms with Crippen molar-refractivity contribution in [2.45, 2.75) is 31.0 Å². The second kappa shape index (κ2) is 8.63. The Hall–Kier alpha value is -1.99. The van der Waals surface area contributed by atoms with Gasteiger partial charge in [0.2, 0.25) is 0 Å². The minimum absolute atomic E-state index is 0.131. The SMILES string of the molecule is CCN(CC)Cc1cc2cc(S(=O)(=O)Cc3ccc4cc(Cl)ccc4n3)ccc2s1. The molecule has 0 N–H and O–H groups in total. The van der Waals surface area contributed by atoms with Crippen molar-refractivity contribution in [2.75, 3.05) is 13.1 Å². The van der Waals surface area contributed by atoms with Gasteiger partial charge in [0.25, 0.3) is 0 Å². The molecule has 0 radical (unpaired) electrons. The fourth-order valence-corrected chi connectivity index (χ4v) is 6.08. The highest BCUT2D eigenvalue weighted by Gasteiger charge is 2.18. The molecule has 0 aliphatic rings. The van der Waals surface area contributed by atoms with E-state index in [0.717, 1.165) is 40.6 Å². The predicted molar refractivity (Wildman–Crippen MR) is 126 cm³/mol. The van der Waals surface area contributed by atoms with E-state index in [2.05, 4.69) is 29.8 Å². The molecule has 0 spiro atoms. The maximum Gasteiger partial charge on any atom is 0.184 e. The Morgan fingerprint density at radius 2 is 1.77 bits per heavy atom. The van der Waals surface area contributed by atoms with Gasteiger partial charge in [0.15, 0.2) is 9.84 Å². The van der Waals surface area contributed by atoms with Crippen LogP contribution in [0.25, 0.3) is 21.0 Å². The summed E-state index contributed by atoms with van der Waals surface area (Å²) in [7, 11) is -3.50. The molecule has 0 bridgehead atoms. The number of benzene rings is 2. The quantitative estimate of drug-likeness (QED) is 0.345. The van der Waals surface area contributed by atoms with Gasteiger partial charge in [0, 0.05) is 26.5 Å². The van der Waals surface area contributed by atoms with Gasteiger partial charge in [-0.3, -0.25) is 9.88 Å². The molecule has 0 saturated carbocycles. The van der Waals surface area contributed by atoms with Crippen LogP contribution in [0.15, 0.2) is 59.5 Å². The van der Waals surface area contributed by atoms with E-state index in [-0.39, 0.29) is 5.75 Å². The Labute approximate surface area is 186 Å². The van der Waals surface area contributed by atoms with E-state index in [1.54, 1.807) is 35.6 Å². The lowest BCUT2D eigenvalue weighted by molar-refractivity contribution is 0.298. The van der Waals surface area contributed by atoms with Crippen LogP contribution in [0.3, 0.4) is 0 Å². The molecule has 0 saturated heterocycles. The first kappa shape index (κ1) is 21.2. The third kappa shape index (κ3) is 4.52. The summed E-state index contributed by atoms with van der Waals surface area (Å²) in [5, 5.41) is 2.50. The average Bonchev–Trinajstić information content (AvgIpc) is 3.13. The van der Waals surface area contributed by atoms with Crippen LogP contribution in [0, 0.1) is 0 Å². The molecule has 30 heavy (non-hydrogen) atoms. The van der Waals surface area contributed by atoms with E-state index in [9.17, 15) is 8.42 Å². The van der Waals surface area contributed by atoms with Gasteiger partial charge in [-0.25, -0.2) is 8.42 Å². The zero-order valence-corrected chi connectivity index (χ0v) is 19.3. The number of fused-ring (bicyclic) bond motifs is 2. The van der Waals surface area contributed by atoms with Crippen molar-refractivity contribution in [2.24, 2.45) is 0 Å². The van der Waals surface area contributed by atoms with E-state index >= 15 is 0 Å². The van der Waals surface area contributed by atoms with Crippen molar-refractivity contribution in [1.29, 1.82) is 0 Å². The van der Waals surface area contributed by atoms with Crippen molar-refractivity contribution < 1.29 is 8.42 Å². The van der Waals surface area contributed by atoms with Crippen LogP contribution >= 0.6 is 22.9 Å². The van der Waals surface area contributed by atoms with E-state index in [0.29, 0.717) is 15.6 Å². The topological polar surface area (TPSA) is 50.3 Å². The number of nitrogens with zero attached hydrogens (tertiary/aromatic N) is 2. The van der Waals surface area contributed by atoms with Crippen LogP contribution in [0.5, 0.6) is 0 Å². The number of sulfone groups is 1. The average molecular weight is 459 g/mol. The fourth-order valence-electron chi connectivity index (χ4n) is 3.51. The first-order valence-electron chi connectivity index (χ1n) is 9.90. The Balaban J connectivity index is 1.61. The maximum atomic E-state index is 13.0. The lowest BCUT2D eigenvalue weighted by atomic mass is 10.2. The number of thiophene rings is 1. The van der Waals surface area contributed by atoms with Crippen molar-refractivity contribution >= 4 is 53.8 Å². The molecular weight excluding hydrogens is 436 g/mol. The smallest absolute Gasteiger partial charge is 0.184 e. The highest BCUT2D eigenvalue weighted by Crippen LogP contribution is 2.30. The van der Waals surface area contributed by atoms with Crippen LogP contribution in [-0.2, 0) is 22.1 Å². The molecule has 2 aromatic carbocycles. The summed E-state index contributed by atoms with van der Waals surface area (Å²) < 4.78 is 27.2. The summed E-state index contributed by atoms with van der Waals surface area (Å²) >= 11 is 7.74. The molecular formula is C23H23ClN2O2S2. The van der Waals surface area contributed by atoms with E-state index in [1.165, 1.54) is 4.88 Å². The summed E-state index contributed by atoms with van der Waals surface area (Å²) in [6.07, 6.45) is 0. The molecule has 4 nitrogen and oxygen atoms in total. The molecule has 0 amide bonds. The zero-order chi connectivity index (χ0) is 21.3. The van der Waals surface area contributed by atoms with Gasteiger partial charge in [-0.05, 0) is 67.0 Å². The number of hydrogen-bond acceptors (Lipinski definition) is 5. The molecule has 4 rings (SSSR count). The summed E-state index contributed by atoms with van der Waals surface area (Å²) in [5.74, 6) is -0.131. The molecule has 4 aromatic rings. The van der Waals surface area contributed by atoms with Crippen LogP contribution < -0.4 is 0 Å². The molecule has 0 unspecified atom stereocenters. The number of halogens is 1. The van der Waals surface area contributed by atoms with Gasteiger partial charge >= 0.3 is 0 Å². The van der Waals surface area contributed by atoms with Crippen LogP contribution in [0.4, 0.5) is 0 Å². The number of pyridine rings is 1. The third-order valence-corrected chi connectivity index (χ3v) is 8.20. The summed E-state index contributed by atoms with van der Waals surface area (Å²) in [6.45, 7) is 7.18. The predicted octanol–water partition coefficient (Wildman–Crippen LogP) is 5.92. The minimum atomic E-state index is -3.50. The van der Waals surface area contributed by atoms with E-state index in [1.807, 2.05) is 24.3 Å². The van der Waals surface area contributed by atoms with E-state index < -0.39 is 9.84 Å². The van der Waals surface area contributed by atoms with Crippen molar-refractivity contribution in [3.63, 3.8) is 0 Å². The summed E-state index contributed by atoms with van der Waals surface area (Å²) in [4.78, 5) is 8.43. The van der Waals surface area contributed by atoms with Crippen molar-refractivity contribution in [1.82, 2.24) is 9.88 Å². The van der Waals surface area contributed by atoms with Gasteiger partial charge in [-0.2, -0.15) is 0 Å². The van der Waals surface area contributed by atoms with Crippen LogP contribution in [0.2, 0.25) is 5.02 Å². The van der Waals surface area contributed by atoms with Gasteiger partial charge < -0.3 is 0 Å². The zero-order valence-electron chi connectivity index (χ0n) is 16.9. The normalized spacial score (nSPS) is 12.3. The first-order chi connectivity index (χ1) is 14.4. The fraction of sp³-hybridized carbons (Fsp3) is 0.261. The van der Waals surface area contributed by atoms with Crippen molar-refractivity contribution in [3.8, 4) is 0 Å². The van der Waals surface area contributed by atoms with Crippen LogP contribution in [-0.4, -0.2) is 31.4 Å². The third-order valence-electron chi connectivity index (χ3n) is 5.22. The van der Waals surface area contributed by atoms with Crippen LogP contribution in [0.1, 0.15) is 24.4 Å². The van der Waals surface area contributed by atoms with Gasteiger partial charge in [-0.15, -0.1) is 11.3 Å². The first-order valence-corrected chi connectivity index (χ1v) is 12.8. The Morgan fingerprint density at radius 3 is 2.53 bits per heavy atom. The second-order valence-corrected chi connectivity index (χ2v) is 10.9. The molecule has 0 fully saturated rings. The minimum Gasteiger partial charge on any atom is -0.299 e. The van der Waals surface area contributed by atoms with E-state index in [4.69, 9.17) is 11.6 Å². The standard InChI is InChI=1S/C23H23ClN2O2S2/c1-3-26(4-2)14-20-12-17-13-21(8-10-23(17)29-20)30(27,28)15-19-7-5-16-11-18(24)6-9-22(16)25-19/h5-13H,3-4,14-15H2,1-2H3. The molecule has 2 heterocycles. The number of aromatic nitrogens is 1. The molecule has 2 aromatic heterocycles. The van der Waals surface area contributed by atoms with Gasteiger partial charge in [0.1, 0.15) is 0 Å². The Kier molecular flexibility index (Phi) is 6.11. The van der Waals surface area contributed by atoms with Gasteiger partial charge in [0.05, 0.1) is 21.9 Å². The summed E-state index contributed by atoms with van der Waals surface area (Å²) in [5.41, 5.74) is 1.26. The lowest BCUT2D eigenvalue weighted by Crippen LogP contribution is -2.21. The number of rotatable bonds is 7. The van der Waals surface area contributed by atoms with Crippen molar-refractivity contribution in [3.05, 3.63) is 70.2 Å². The highest BCUT2D eigenvalue weighted by atomic mass is 35.5. The second-order valence-electron chi connectivity index (χ2n) is 7.27. The lowest BCUT2D eigenvalue weighted by Gasteiger charge is -2.16. The molecule has 7 heteroatoms. The largest absolute Gasteiger partial charge is 0.299 e. The highest BCUT2D eigenvalue weighted by molar-refractivity contribution is 7.90. The number of hydrogen-bond donors (Lipinski definition) is 0. The Bertz CT molecular complexity index is 1310. The molecule has 156 valence electrons. The maximum absolute atomic E-state index is 13.0. The summed E-state index contributed by atoms with van der Waals surface area (Å²) in [6, 6.07) is 16.5. The molecule has 0 aliphatic heterocycles. The van der Waals surface area contributed by atoms with Gasteiger partial charge in [-0.1, -0.05) is 31.5 Å². The molecule has 0 aliphatic carbocycles. The molecule has 0 atom stereocenters. The monoisotopic (exact) mass is 458 g/mol.